The third-order valence-corrected chi connectivity index (χ3v) is 2.74. The van der Waals surface area contributed by atoms with Crippen LogP contribution in [0, 0.1) is 5.92 Å². The maximum Gasteiger partial charge on any atom is 0.423 e. The van der Waals surface area contributed by atoms with Gasteiger partial charge in [0.1, 0.15) is 6.10 Å². The highest BCUT2D eigenvalue weighted by molar-refractivity contribution is 5.72. The molecule has 0 N–H and O–H groups in total. The van der Waals surface area contributed by atoms with Crippen LogP contribution in [0.3, 0.4) is 0 Å². The van der Waals surface area contributed by atoms with Crippen molar-refractivity contribution in [2.75, 3.05) is 6.61 Å². The number of carbonyl (C=O) groups is 1. The standard InChI is InChI=1S/C12H18F6O3/c1-4-7(2)9(19)21-8(3)5-6-20-10(11(13,14)15)12(16,17)18/h7-8,10H,4-6H2,1-3H3. The Morgan fingerprint density at radius 3 is 1.90 bits per heavy atom. The molecule has 0 heterocycles. The zero-order valence-corrected chi connectivity index (χ0v) is 11.8. The molecule has 0 aromatic carbocycles. The second-order valence-electron chi connectivity index (χ2n) is 4.68. The van der Waals surface area contributed by atoms with Crippen LogP contribution in [0.4, 0.5) is 26.3 Å². The van der Waals surface area contributed by atoms with Crippen molar-refractivity contribution in [3.05, 3.63) is 0 Å². The number of carbonyl (C=O) groups excluding carboxylic acids is 1. The monoisotopic (exact) mass is 324 g/mol. The molecule has 0 aliphatic carbocycles. The third kappa shape index (κ3) is 7.54. The van der Waals surface area contributed by atoms with Gasteiger partial charge in [0.2, 0.25) is 6.10 Å². The van der Waals surface area contributed by atoms with Crippen molar-refractivity contribution in [3.63, 3.8) is 0 Å². The van der Waals surface area contributed by atoms with Crippen LogP contribution in [0.5, 0.6) is 0 Å². The minimum Gasteiger partial charge on any atom is -0.462 e. The van der Waals surface area contributed by atoms with Crippen LogP contribution in [0.1, 0.15) is 33.6 Å². The maximum atomic E-state index is 12.2. The normalized spacial score (nSPS) is 15.9. The molecule has 0 aromatic rings. The Labute approximate surface area is 118 Å². The van der Waals surface area contributed by atoms with E-state index in [1.807, 2.05) is 0 Å². The van der Waals surface area contributed by atoms with Crippen molar-refractivity contribution in [3.8, 4) is 0 Å². The molecule has 0 aliphatic rings. The van der Waals surface area contributed by atoms with E-state index in [9.17, 15) is 31.1 Å². The molecular weight excluding hydrogens is 306 g/mol. The SMILES string of the molecule is CCC(C)C(=O)OC(C)CCOC(C(F)(F)F)C(F)(F)F. The quantitative estimate of drug-likeness (QED) is 0.527. The van der Waals surface area contributed by atoms with E-state index in [2.05, 4.69) is 4.74 Å². The van der Waals surface area contributed by atoms with Crippen LogP contribution in [-0.4, -0.2) is 37.1 Å². The Hall–Kier alpha value is -0.990. The first-order valence-corrected chi connectivity index (χ1v) is 6.35. The van der Waals surface area contributed by atoms with Crippen LogP contribution < -0.4 is 0 Å². The van der Waals surface area contributed by atoms with Crippen LogP contribution in [0.15, 0.2) is 0 Å². The second-order valence-corrected chi connectivity index (χ2v) is 4.68. The van der Waals surface area contributed by atoms with Crippen LogP contribution >= 0.6 is 0 Å². The van der Waals surface area contributed by atoms with Crippen LogP contribution in [0.2, 0.25) is 0 Å². The van der Waals surface area contributed by atoms with Gasteiger partial charge < -0.3 is 9.47 Å². The summed E-state index contributed by atoms with van der Waals surface area (Å²) in [6.45, 7) is 3.91. The minimum atomic E-state index is -5.53. The number of rotatable bonds is 7. The van der Waals surface area contributed by atoms with E-state index in [-0.39, 0.29) is 12.3 Å². The van der Waals surface area contributed by atoms with Gasteiger partial charge in [-0.3, -0.25) is 4.79 Å². The predicted molar refractivity (Wildman–Crippen MR) is 61.5 cm³/mol. The van der Waals surface area contributed by atoms with Gasteiger partial charge in [-0.05, 0) is 13.3 Å². The average molecular weight is 324 g/mol. The molecule has 0 radical (unpaired) electrons. The van der Waals surface area contributed by atoms with Gasteiger partial charge in [-0.2, -0.15) is 26.3 Å². The lowest BCUT2D eigenvalue weighted by atomic mass is 10.1. The van der Waals surface area contributed by atoms with E-state index in [1.54, 1.807) is 13.8 Å². The first-order chi connectivity index (χ1) is 9.39. The van der Waals surface area contributed by atoms with E-state index in [4.69, 9.17) is 4.74 Å². The van der Waals surface area contributed by atoms with Gasteiger partial charge in [0, 0.05) is 6.42 Å². The zero-order chi connectivity index (χ0) is 16.8. The first-order valence-electron chi connectivity index (χ1n) is 6.35. The summed E-state index contributed by atoms with van der Waals surface area (Å²) in [6.07, 6.45) is -15.5. The van der Waals surface area contributed by atoms with E-state index in [1.165, 1.54) is 6.92 Å². The summed E-state index contributed by atoms with van der Waals surface area (Å²) in [5.74, 6) is -0.931. The lowest BCUT2D eigenvalue weighted by Gasteiger charge is -2.24. The van der Waals surface area contributed by atoms with E-state index in [0.717, 1.165) is 0 Å². The zero-order valence-electron chi connectivity index (χ0n) is 11.8. The number of alkyl halides is 6. The fourth-order valence-electron chi connectivity index (χ4n) is 1.27. The molecule has 2 unspecified atom stereocenters. The molecule has 0 rings (SSSR count). The maximum absolute atomic E-state index is 12.2. The summed E-state index contributed by atoms with van der Waals surface area (Å²) in [7, 11) is 0. The van der Waals surface area contributed by atoms with Crippen molar-refractivity contribution < 1.29 is 40.6 Å². The Morgan fingerprint density at radius 1 is 1.05 bits per heavy atom. The van der Waals surface area contributed by atoms with Crippen molar-refractivity contribution in [1.82, 2.24) is 0 Å². The summed E-state index contributed by atoms with van der Waals surface area (Å²) in [4.78, 5) is 11.4. The topological polar surface area (TPSA) is 35.5 Å². The smallest absolute Gasteiger partial charge is 0.423 e. The molecule has 126 valence electrons. The molecular formula is C12H18F6O3. The molecule has 9 heteroatoms. The van der Waals surface area contributed by atoms with Crippen LogP contribution in [-0.2, 0) is 14.3 Å². The number of esters is 1. The molecule has 0 aromatic heterocycles. The molecule has 0 bridgehead atoms. The highest BCUT2D eigenvalue weighted by Crippen LogP contribution is 2.35. The fourth-order valence-corrected chi connectivity index (χ4v) is 1.27. The minimum absolute atomic E-state index is 0.259. The summed E-state index contributed by atoms with van der Waals surface area (Å²) in [5.41, 5.74) is 0. The summed E-state index contributed by atoms with van der Waals surface area (Å²) in [6, 6.07) is 0. The molecule has 21 heavy (non-hydrogen) atoms. The number of hydrogen-bond donors (Lipinski definition) is 0. The highest BCUT2D eigenvalue weighted by Gasteiger charge is 2.57. The van der Waals surface area contributed by atoms with Crippen molar-refractivity contribution in [1.29, 1.82) is 0 Å². The first kappa shape index (κ1) is 20.0. The summed E-state index contributed by atoms with van der Waals surface area (Å²) in [5, 5.41) is 0. The summed E-state index contributed by atoms with van der Waals surface area (Å²) < 4.78 is 81.8. The summed E-state index contributed by atoms with van der Waals surface area (Å²) >= 11 is 0. The van der Waals surface area contributed by atoms with Gasteiger partial charge in [-0.1, -0.05) is 13.8 Å². The molecule has 0 spiro atoms. The van der Waals surface area contributed by atoms with Crippen LogP contribution in [0.25, 0.3) is 0 Å². The van der Waals surface area contributed by atoms with Gasteiger partial charge in [0.05, 0.1) is 12.5 Å². The largest absolute Gasteiger partial charge is 0.462 e. The van der Waals surface area contributed by atoms with E-state index in [0.29, 0.717) is 6.42 Å². The molecule has 2 atom stereocenters. The van der Waals surface area contributed by atoms with Gasteiger partial charge in [0.25, 0.3) is 0 Å². The number of hydrogen-bond acceptors (Lipinski definition) is 3. The van der Waals surface area contributed by atoms with Crippen molar-refractivity contribution >= 4 is 5.97 Å². The molecule has 0 saturated carbocycles. The highest BCUT2D eigenvalue weighted by atomic mass is 19.4. The fraction of sp³-hybridized carbons (Fsp3) is 0.917. The number of ether oxygens (including phenoxy) is 2. The van der Waals surface area contributed by atoms with E-state index >= 15 is 0 Å². The molecule has 0 amide bonds. The predicted octanol–water partition coefficient (Wildman–Crippen LogP) is 3.86. The van der Waals surface area contributed by atoms with Crippen molar-refractivity contribution in [2.45, 2.75) is 58.2 Å². The molecule has 0 fully saturated rings. The molecule has 3 nitrogen and oxygen atoms in total. The molecule has 0 saturated heterocycles. The second kappa shape index (κ2) is 7.86. The lowest BCUT2D eigenvalue weighted by molar-refractivity contribution is -0.322. The van der Waals surface area contributed by atoms with E-state index < -0.39 is 37.1 Å². The van der Waals surface area contributed by atoms with Gasteiger partial charge in [-0.25, -0.2) is 0 Å². The molecule has 0 aliphatic heterocycles. The third-order valence-electron chi connectivity index (χ3n) is 2.74. The van der Waals surface area contributed by atoms with Gasteiger partial charge >= 0.3 is 18.3 Å². The Kier molecular flexibility index (Phi) is 7.49. The Morgan fingerprint density at radius 2 is 1.52 bits per heavy atom. The Balaban J connectivity index is 4.31. The van der Waals surface area contributed by atoms with Crippen molar-refractivity contribution in [2.24, 2.45) is 5.92 Å². The average Bonchev–Trinajstić information content (AvgIpc) is 2.30. The Bertz CT molecular complexity index is 312. The number of halogens is 6. The van der Waals surface area contributed by atoms with Gasteiger partial charge in [0.15, 0.2) is 0 Å². The van der Waals surface area contributed by atoms with Gasteiger partial charge in [-0.15, -0.1) is 0 Å². The lowest BCUT2D eigenvalue weighted by Crippen LogP contribution is -2.44.